The molecule has 0 heterocycles. The quantitative estimate of drug-likeness (QED) is 0.716. The van der Waals surface area contributed by atoms with Crippen molar-refractivity contribution >= 4 is 15.7 Å². The molecular formula is C13H20N2O4S. The molecule has 1 aliphatic carbocycles. The average molecular weight is 300 g/mol. The summed E-state index contributed by atoms with van der Waals surface area (Å²) in [5, 5.41) is 9.87. The number of nitrogens with one attached hydrogen (secondary N) is 1. The van der Waals surface area contributed by atoms with Gasteiger partial charge in [-0.1, -0.05) is 12.8 Å². The Bertz CT molecular complexity index is 574. The van der Waals surface area contributed by atoms with E-state index in [1.54, 1.807) is 0 Å². The van der Waals surface area contributed by atoms with Crippen LogP contribution in [0.1, 0.15) is 25.7 Å². The van der Waals surface area contributed by atoms with E-state index >= 15 is 0 Å². The van der Waals surface area contributed by atoms with Crippen molar-refractivity contribution in [2.75, 3.05) is 12.8 Å². The summed E-state index contributed by atoms with van der Waals surface area (Å²) in [6.45, 7) is 0. The number of nitrogen functional groups attached to an aromatic ring is 1. The van der Waals surface area contributed by atoms with Crippen LogP contribution in [0.25, 0.3) is 0 Å². The van der Waals surface area contributed by atoms with Crippen LogP contribution in [0, 0.1) is 0 Å². The molecule has 0 aromatic heterocycles. The van der Waals surface area contributed by atoms with Gasteiger partial charge in [-0.2, -0.15) is 0 Å². The van der Waals surface area contributed by atoms with Crippen molar-refractivity contribution in [1.82, 2.24) is 4.72 Å². The Morgan fingerprint density at radius 2 is 2.05 bits per heavy atom. The number of aliphatic hydroxyl groups is 1. The number of benzene rings is 1. The third-order valence-electron chi connectivity index (χ3n) is 3.51. The lowest BCUT2D eigenvalue weighted by molar-refractivity contribution is 0.101. The molecule has 0 aliphatic heterocycles. The maximum absolute atomic E-state index is 12.4. The predicted octanol–water partition coefficient (Wildman–Crippen LogP) is 0.859. The topological polar surface area (TPSA) is 102 Å². The summed E-state index contributed by atoms with van der Waals surface area (Å²) < 4.78 is 32.4. The zero-order valence-corrected chi connectivity index (χ0v) is 12.2. The second-order valence-corrected chi connectivity index (χ2v) is 6.67. The third-order valence-corrected chi connectivity index (χ3v) is 5.04. The Hall–Kier alpha value is -1.31. The van der Waals surface area contributed by atoms with Gasteiger partial charge in [0.2, 0.25) is 10.0 Å². The Labute approximate surface area is 119 Å². The summed E-state index contributed by atoms with van der Waals surface area (Å²) >= 11 is 0. The van der Waals surface area contributed by atoms with E-state index in [-0.39, 0.29) is 10.6 Å². The minimum absolute atomic E-state index is 0.0342. The number of hydrogen-bond donors (Lipinski definition) is 3. The molecule has 0 spiro atoms. The number of methoxy groups -OCH3 is 1. The molecule has 1 aromatic rings. The summed E-state index contributed by atoms with van der Waals surface area (Å²) in [5.74, 6) is 0.197. The van der Waals surface area contributed by atoms with E-state index in [1.165, 1.54) is 25.3 Å². The van der Waals surface area contributed by atoms with E-state index in [1.807, 2.05) is 0 Å². The maximum Gasteiger partial charge on any atom is 0.244 e. The highest BCUT2D eigenvalue weighted by molar-refractivity contribution is 7.89. The molecule has 0 unspecified atom stereocenters. The van der Waals surface area contributed by atoms with Gasteiger partial charge in [-0.05, 0) is 25.0 Å². The molecule has 20 heavy (non-hydrogen) atoms. The van der Waals surface area contributed by atoms with E-state index in [4.69, 9.17) is 10.5 Å². The van der Waals surface area contributed by atoms with E-state index in [0.717, 1.165) is 12.8 Å². The standard InChI is InChI=1S/C13H20N2O4S/c1-19-12-8-9(14)6-7-13(12)20(17,18)15-10-4-2-3-5-11(10)16/h6-8,10-11,15-16H,2-5,14H2,1H3/t10-,11-/m1/s1. The lowest BCUT2D eigenvalue weighted by Crippen LogP contribution is -2.45. The van der Waals surface area contributed by atoms with Crippen LogP contribution in [0.3, 0.4) is 0 Å². The lowest BCUT2D eigenvalue weighted by Gasteiger charge is -2.28. The molecule has 112 valence electrons. The largest absolute Gasteiger partial charge is 0.495 e. The van der Waals surface area contributed by atoms with Gasteiger partial charge in [0, 0.05) is 17.8 Å². The first-order valence-corrected chi connectivity index (χ1v) is 8.06. The highest BCUT2D eigenvalue weighted by Gasteiger charge is 2.29. The zero-order valence-electron chi connectivity index (χ0n) is 11.4. The van der Waals surface area contributed by atoms with Gasteiger partial charge in [0.15, 0.2) is 0 Å². The summed E-state index contributed by atoms with van der Waals surface area (Å²) in [7, 11) is -2.35. The Kier molecular flexibility index (Phi) is 4.52. The van der Waals surface area contributed by atoms with Crippen LogP contribution in [0.15, 0.2) is 23.1 Å². The smallest absolute Gasteiger partial charge is 0.244 e. The monoisotopic (exact) mass is 300 g/mol. The second kappa shape index (κ2) is 5.99. The summed E-state index contributed by atoms with van der Waals surface area (Å²) in [5.41, 5.74) is 6.05. The number of rotatable bonds is 4. The molecule has 2 atom stereocenters. The van der Waals surface area contributed by atoms with Crippen molar-refractivity contribution in [3.8, 4) is 5.75 Å². The average Bonchev–Trinajstić information content (AvgIpc) is 2.40. The number of anilines is 1. The fraction of sp³-hybridized carbons (Fsp3) is 0.538. The zero-order chi connectivity index (χ0) is 14.8. The van der Waals surface area contributed by atoms with Crippen molar-refractivity contribution < 1.29 is 18.3 Å². The van der Waals surface area contributed by atoms with Gasteiger partial charge in [-0.15, -0.1) is 0 Å². The highest BCUT2D eigenvalue weighted by Crippen LogP contribution is 2.27. The van der Waals surface area contributed by atoms with Gasteiger partial charge < -0.3 is 15.6 Å². The van der Waals surface area contributed by atoms with Crippen LogP contribution in [-0.4, -0.2) is 32.8 Å². The van der Waals surface area contributed by atoms with E-state index in [9.17, 15) is 13.5 Å². The number of aliphatic hydroxyl groups excluding tert-OH is 1. The molecule has 1 fully saturated rings. The van der Waals surface area contributed by atoms with Crippen molar-refractivity contribution in [2.24, 2.45) is 0 Å². The van der Waals surface area contributed by atoms with Crippen LogP contribution in [0.4, 0.5) is 5.69 Å². The lowest BCUT2D eigenvalue weighted by atomic mass is 9.93. The summed E-state index contributed by atoms with van der Waals surface area (Å²) in [6, 6.07) is 3.93. The predicted molar refractivity (Wildman–Crippen MR) is 76.0 cm³/mol. The molecular weight excluding hydrogens is 280 g/mol. The molecule has 7 heteroatoms. The third kappa shape index (κ3) is 3.23. The second-order valence-electron chi connectivity index (χ2n) is 4.99. The molecule has 6 nitrogen and oxygen atoms in total. The summed E-state index contributed by atoms with van der Waals surface area (Å²) in [4.78, 5) is 0.0342. The maximum atomic E-state index is 12.4. The molecule has 0 bridgehead atoms. The minimum Gasteiger partial charge on any atom is -0.495 e. The van der Waals surface area contributed by atoms with Gasteiger partial charge in [0.1, 0.15) is 10.6 Å². The highest BCUT2D eigenvalue weighted by atomic mass is 32.2. The number of sulfonamides is 1. The van der Waals surface area contributed by atoms with Crippen LogP contribution < -0.4 is 15.2 Å². The van der Waals surface area contributed by atoms with Crippen molar-refractivity contribution in [1.29, 1.82) is 0 Å². The molecule has 0 saturated heterocycles. The first-order valence-electron chi connectivity index (χ1n) is 6.58. The van der Waals surface area contributed by atoms with E-state index in [0.29, 0.717) is 18.5 Å². The van der Waals surface area contributed by atoms with Crippen LogP contribution in [0.5, 0.6) is 5.75 Å². The Balaban J connectivity index is 2.26. The SMILES string of the molecule is COc1cc(N)ccc1S(=O)(=O)N[C@@H]1CCCC[C@H]1O. The first kappa shape index (κ1) is 15.1. The molecule has 1 saturated carbocycles. The number of nitrogens with two attached hydrogens (primary N) is 1. The Morgan fingerprint density at radius 1 is 1.35 bits per heavy atom. The molecule has 0 amide bonds. The molecule has 4 N–H and O–H groups in total. The van der Waals surface area contributed by atoms with Crippen molar-refractivity contribution in [3.63, 3.8) is 0 Å². The number of ether oxygens (including phenoxy) is 1. The fourth-order valence-corrected chi connectivity index (χ4v) is 3.87. The van der Waals surface area contributed by atoms with Gasteiger partial charge in [-0.25, -0.2) is 13.1 Å². The molecule has 0 radical (unpaired) electrons. The summed E-state index contributed by atoms with van der Waals surface area (Å²) in [6.07, 6.45) is 2.44. The van der Waals surface area contributed by atoms with E-state index in [2.05, 4.69) is 4.72 Å². The van der Waals surface area contributed by atoms with Gasteiger partial charge in [0.25, 0.3) is 0 Å². The Morgan fingerprint density at radius 3 is 2.70 bits per heavy atom. The van der Waals surface area contributed by atoms with Crippen molar-refractivity contribution in [3.05, 3.63) is 18.2 Å². The van der Waals surface area contributed by atoms with Gasteiger partial charge in [0.05, 0.1) is 13.2 Å². The van der Waals surface area contributed by atoms with E-state index < -0.39 is 22.2 Å². The normalized spacial score (nSPS) is 23.5. The molecule has 1 aromatic carbocycles. The van der Waals surface area contributed by atoms with Gasteiger partial charge >= 0.3 is 0 Å². The van der Waals surface area contributed by atoms with Crippen molar-refractivity contribution in [2.45, 2.75) is 42.7 Å². The fourth-order valence-electron chi connectivity index (χ4n) is 2.42. The van der Waals surface area contributed by atoms with Gasteiger partial charge in [-0.3, -0.25) is 0 Å². The number of hydrogen-bond acceptors (Lipinski definition) is 5. The van der Waals surface area contributed by atoms with Crippen LogP contribution in [0.2, 0.25) is 0 Å². The molecule has 1 aliphatic rings. The minimum atomic E-state index is -3.74. The first-order chi connectivity index (χ1) is 9.44. The molecule has 2 rings (SSSR count). The van der Waals surface area contributed by atoms with Crippen LogP contribution in [-0.2, 0) is 10.0 Å². The van der Waals surface area contributed by atoms with Crippen LogP contribution >= 0.6 is 0 Å².